The number of carboxylic acid groups (broad SMARTS) is 1. The summed E-state index contributed by atoms with van der Waals surface area (Å²) in [7, 11) is 0. The second kappa shape index (κ2) is 7.17. The molecule has 2 amide bonds. The molecular weight excluding hydrogens is 374 g/mol. The summed E-state index contributed by atoms with van der Waals surface area (Å²) in [5.41, 5.74) is 0. The molecule has 1 aliphatic carbocycles. The predicted octanol–water partition coefficient (Wildman–Crippen LogP) is 3.76. The molecule has 2 aromatic rings. The number of rotatable bonds is 3. The minimum Gasteiger partial charge on any atom is -0.465 e. The van der Waals surface area contributed by atoms with E-state index in [1.807, 2.05) is 24.3 Å². The molecule has 6 nitrogen and oxygen atoms in total. The molecule has 0 spiro atoms. The van der Waals surface area contributed by atoms with Crippen LogP contribution in [-0.4, -0.2) is 28.1 Å². The van der Waals surface area contributed by atoms with Gasteiger partial charge in [-0.25, -0.2) is 9.78 Å². The van der Waals surface area contributed by atoms with Crippen LogP contribution in [0.15, 0.2) is 34.9 Å². The topological polar surface area (TPSA) is 91.3 Å². The maximum atomic E-state index is 12.4. The molecule has 1 aromatic heterocycles. The number of pyridine rings is 1. The molecule has 1 heterocycles. The van der Waals surface area contributed by atoms with Gasteiger partial charge in [0.15, 0.2) is 0 Å². The number of hydrogen-bond donors (Lipinski definition) is 3. The summed E-state index contributed by atoms with van der Waals surface area (Å²) >= 11 is 3.44. The van der Waals surface area contributed by atoms with E-state index in [1.54, 1.807) is 6.20 Å². The van der Waals surface area contributed by atoms with E-state index in [0.29, 0.717) is 31.5 Å². The summed E-state index contributed by atoms with van der Waals surface area (Å²) in [4.78, 5) is 27.3. The zero-order valence-corrected chi connectivity index (χ0v) is 14.5. The summed E-state index contributed by atoms with van der Waals surface area (Å²) in [6.07, 6.45) is 3.46. The Bertz CT molecular complexity index is 773. The summed E-state index contributed by atoms with van der Waals surface area (Å²) in [5, 5.41) is 16.1. The van der Waals surface area contributed by atoms with E-state index in [0.717, 1.165) is 15.2 Å². The lowest BCUT2D eigenvalue weighted by atomic mass is 9.85. The second-order valence-corrected chi connectivity index (χ2v) is 6.96. The van der Waals surface area contributed by atoms with E-state index >= 15 is 0 Å². The Morgan fingerprint density at radius 2 is 1.88 bits per heavy atom. The normalized spacial score (nSPS) is 20.5. The molecule has 0 saturated heterocycles. The lowest BCUT2D eigenvalue weighted by Crippen LogP contribution is -2.38. The van der Waals surface area contributed by atoms with Crippen LogP contribution in [0.3, 0.4) is 0 Å². The van der Waals surface area contributed by atoms with Crippen LogP contribution >= 0.6 is 15.9 Å². The zero-order chi connectivity index (χ0) is 17.1. The number of aromatic nitrogens is 1. The van der Waals surface area contributed by atoms with Gasteiger partial charge in [0, 0.05) is 28.0 Å². The Balaban J connectivity index is 1.62. The van der Waals surface area contributed by atoms with Crippen LogP contribution < -0.4 is 10.6 Å². The minimum atomic E-state index is -1.01. The van der Waals surface area contributed by atoms with Crippen molar-refractivity contribution in [2.75, 3.05) is 5.32 Å². The van der Waals surface area contributed by atoms with Crippen LogP contribution in [0.2, 0.25) is 0 Å². The number of anilines is 1. The molecular formula is C17H18BrN3O3. The first-order valence-electron chi connectivity index (χ1n) is 7.87. The smallest absolute Gasteiger partial charge is 0.404 e. The molecule has 1 fully saturated rings. The number of amides is 2. The predicted molar refractivity (Wildman–Crippen MR) is 95.0 cm³/mol. The largest absolute Gasteiger partial charge is 0.465 e. The average Bonchev–Trinajstić information content (AvgIpc) is 2.54. The molecule has 1 aliphatic rings. The first-order chi connectivity index (χ1) is 11.5. The molecule has 0 unspecified atom stereocenters. The van der Waals surface area contributed by atoms with E-state index in [1.165, 1.54) is 0 Å². The Kier molecular flexibility index (Phi) is 4.99. The van der Waals surface area contributed by atoms with E-state index in [-0.39, 0.29) is 17.9 Å². The van der Waals surface area contributed by atoms with Gasteiger partial charge >= 0.3 is 6.09 Å². The molecule has 3 N–H and O–H groups in total. The van der Waals surface area contributed by atoms with Crippen molar-refractivity contribution >= 4 is 44.5 Å². The van der Waals surface area contributed by atoms with Crippen molar-refractivity contribution in [3.8, 4) is 0 Å². The van der Waals surface area contributed by atoms with Gasteiger partial charge in [0.2, 0.25) is 5.91 Å². The van der Waals surface area contributed by atoms with Gasteiger partial charge in [-0.3, -0.25) is 4.79 Å². The number of nitrogens with zero attached hydrogens (tertiary/aromatic N) is 1. The molecule has 0 bridgehead atoms. The molecule has 0 aliphatic heterocycles. The first-order valence-corrected chi connectivity index (χ1v) is 8.66. The summed E-state index contributed by atoms with van der Waals surface area (Å²) in [5.74, 6) is 0.388. The third-order valence-electron chi connectivity index (χ3n) is 4.36. The van der Waals surface area contributed by atoms with Crippen molar-refractivity contribution in [2.45, 2.75) is 31.7 Å². The van der Waals surface area contributed by atoms with Crippen molar-refractivity contribution in [3.05, 3.63) is 34.9 Å². The van der Waals surface area contributed by atoms with Gasteiger partial charge < -0.3 is 15.7 Å². The van der Waals surface area contributed by atoms with Gasteiger partial charge in [-0.15, -0.1) is 0 Å². The average molecular weight is 392 g/mol. The van der Waals surface area contributed by atoms with Crippen LogP contribution in [0.1, 0.15) is 25.7 Å². The van der Waals surface area contributed by atoms with Crippen molar-refractivity contribution in [1.29, 1.82) is 0 Å². The molecule has 1 aromatic carbocycles. The highest BCUT2D eigenvalue weighted by Crippen LogP contribution is 2.26. The SMILES string of the molecule is O=C(O)N[C@H]1CC[C@H](C(=O)Nc2cc3cc(Br)ccc3cn2)CC1. The highest BCUT2D eigenvalue weighted by molar-refractivity contribution is 9.10. The third kappa shape index (κ3) is 4.03. The fourth-order valence-corrected chi connectivity index (χ4v) is 3.46. The van der Waals surface area contributed by atoms with Gasteiger partial charge in [-0.2, -0.15) is 0 Å². The summed E-state index contributed by atoms with van der Waals surface area (Å²) in [6, 6.07) is 7.70. The molecule has 7 heteroatoms. The molecule has 0 atom stereocenters. The van der Waals surface area contributed by atoms with E-state index in [2.05, 4.69) is 31.5 Å². The number of hydrogen-bond acceptors (Lipinski definition) is 3. The van der Waals surface area contributed by atoms with Gasteiger partial charge in [-0.1, -0.05) is 22.0 Å². The van der Waals surface area contributed by atoms with Gasteiger partial charge in [0.25, 0.3) is 0 Å². The number of nitrogens with one attached hydrogen (secondary N) is 2. The fourth-order valence-electron chi connectivity index (χ4n) is 3.08. The monoisotopic (exact) mass is 391 g/mol. The number of carbonyl (C=O) groups is 2. The molecule has 3 rings (SSSR count). The van der Waals surface area contributed by atoms with E-state index < -0.39 is 6.09 Å². The lowest BCUT2D eigenvalue weighted by molar-refractivity contribution is -0.120. The van der Waals surface area contributed by atoms with Gasteiger partial charge in [0.05, 0.1) is 0 Å². The first kappa shape index (κ1) is 16.7. The van der Waals surface area contributed by atoms with Crippen molar-refractivity contribution in [3.63, 3.8) is 0 Å². The zero-order valence-electron chi connectivity index (χ0n) is 13.0. The van der Waals surface area contributed by atoms with Crippen LogP contribution in [0.5, 0.6) is 0 Å². The lowest BCUT2D eigenvalue weighted by Gasteiger charge is -2.27. The van der Waals surface area contributed by atoms with Gasteiger partial charge in [0.1, 0.15) is 5.82 Å². The van der Waals surface area contributed by atoms with Crippen LogP contribution in [0, 0.1) is 5.92 Å². The van der Waals surface area contributed by atoms with E-state index in [4.69, 9.17) is 5.11 Å². The van der Waals surface area contributed by atoms with E-state index in [9.17, 15) is 9.59 Å². The standard InChI is InChI=1S/C17H18BrN3O3/c18-13-4-1-11-9-19-15(8-12(11)7-13)21-16(22)10-2-5-14(6-3-10)20-17(23)24/h1,4,7-10,14,20H,2-3,5-6H2,(H,23,24)(H,19,21,22)/t10-,14-. The fraction of sp³-hybridized carbons (Fsp3) is 0.353. The molecule has 0 radical (unpaired) electrons. The molecule has 24 heavy (non-hydrogen) atoms. The number of fused-ring (bicyclic) bond motifs is 1. The number of carbonyl (C=O) groups excluding carboxylic acids is 1. The third-order valence-corrected chi connectivity index (χ3v) is 4.85. The highest BCUT2D eigenvalue weighted by Gasteiger charge is 2.27. The Labute approximate surface area is 147 Å². The van der Waals surface area contributed by atoms with Crippen molar-refractivity contribution in [2.24, 2.45) is 5.92 Å². The number of halogens is 1. The maximum absolute atomic E-state index is 12.4. The highest BCUT2D eigenvalue weighted by atomic mass is 79.9. The molecule has 126 valence electrons. The Morgan fingerprint density at radius 1 is 1.12 bits per heavy atom. The molecule has 1 saturated carbocycles. The van der Waals surface area contributed by atoms with Crippen LogP contribution in [-0.2, 0) is 4.79 Å². The van der Waals surface area contributed by atoms with Gasteiger partial charge in [-0.05, 0) is 49.3 Å². The minimum absolute atomic E-state index is 0.0504. The maximum Gasteiger partial charge on any atom is 0.404 e. The van der Waals surface area contributed by atoms with Crippen LogP contribution in [0.4, 0.5) is 10.6 Å². The number of benzene rings is 1. The van der Waals surface area contributed by atoms with Crippen LogP contribution in [0.25, 0.3) is 10.8 Å². The Hall–Kier alpha value is -2.15. The van der Waals surface area contributed by atoms with Crippen molar-refractivity contribution in [1.82, 2.24) is 10.3 Å². The Morgan fingerprint density at radius 3 is 2.58 bits per heavy atom. The van der Waals surface area contributed by atoms with Crippen molar-refractivity contribution < 1.29 is 14.7 Å². The quantitative estimate of drug-likeness (QED) is 0.742. The second-order valence-electron chi connectivity index (χ2n) is 6.05. The summed E-state index contributed by atoms with van der Waals surface area (Å²) in [6.45, 7) is 0. The summed E-state index contributed by atoms with van der Waals surface area (Å²) < 4.78 is 0.975.